The molecule has 0 N–H and O–H groups in total. The third kappa shape index (κ3) is 5.25. The summed E-state index contributed by atoms with van der Waals surface area (Å²) < 4.78 is 5.27. The van der Waals surface area contributed by atoms with E-state index in [1.807, 2.05) is 24.3 Å². The van der Waals surface area contributed by atoms with Crippen LogP contribution < -0.4 is 9.64 Å². The fourth-order valence-corrected chi connectivity index (χ4v) is 4.05. The van der Waals surface area contributed by atoms with Gasteiger partial charge in [-0.05, 0) is 35.1 Å². The lowest BCUT2D eigenvalue weighted by atomic mass is 9.87. The highest BCUT2D eigenvalue weighted by Gasteiger charge is 2.21. The summed E-state index contributed by atoms with van der Waals surface area (Å²) in [6.45, 7) is 9.25. The maximum Gasteiger partial charge on any atom is 0.233 e. The summed E-state index contributed by atoms with van der Waals surface area (Å²) in [5, 5.41) is 10.1. The molecular weight excluding hydrogens is 394 g/mol. The van der Waals surface area contributed by atoms with E-state index in [4.69, 9.17) is 4.74 Å². The molecule has 30 heavy (non-hydrogen) atoms. The summed E-state index contributed by atoms with van der Waals surface area (Å²) in [5.41, 5.74) is 3.32. The van der Waals surface area contributed by atoms with Gasteiger partial charge in [0, 0.05) is 12.1 Å². The van der Waals surface area contributed by atoms with E-state index in [0.717, 1.165) is 28.3 Å². The van der Waals surface area contributed by atoms with Gasteiger partial charge in [0.25, 0.3) is 0 Å². The van der Waals surface area contributed by atoms with Gasteiger partial charge in [0.15, 0.2) is 0 Å². The van der Waals surface area contributed by atoms with Crippen molar-refractivity contribution in [3.63, 3.8) is 0 Å². The lowest BCUT2D eigenvalue weighted by Crippen LogP contribution is -2.32. The molecule has 0 atom stereocenters. The number of carbonyl (C=O) groups is 1. The van der Waals surface area contributed by atoms with Crippen LogP contribution in [0.2, 0.25) is 0 Å². The third-order valence-electron chi connectivity index (χ3n) is 4.88. The van der Waals surface area contributed by atoms with Gasteiger partial charge < -0.3 is 4.74 Å². The van der Waals surface area contributed by atoms with Crippen molar-refractivity contribution in [1.82, 2.24) is 10.2 Å². The van der Waals surface area contributed by atoms with Crippen LogP contribution in [-0.4, -0.2) is 29.8 Å². The molecule has 1 aromatic heterocycles. The highest BCUT2D eigenvalue weighted by Crippen LogP contribution is 2.31. The molecule has 3 rings (SSSR count). The molecule has 6 heteroatoms. The smallest absolute Gasteiger partial charge is 0.233 e. The van der Waals surface area contributed by atoms with Crippen LogP contribution in [0.15, 0.2) is 48.5 Å². The molecule has 0 fully saturated rings. The third-order valence-corrected chi connectivity index (χ3v) is 5.88. The standard InChI is InChI=1S/C24H29N3O2S/c1-6-14-27(21(28)16-17-8-7-9-20(15-17)29-5)23-26-25-22(30-23)18-10-12-19(13-11-18)24(2,3)4/h7-13,15H,6,14,16H2,1-5H3. The Bertz CT molecular complexity index is 990. The second kappa shape index (κ2) is 9.39. The van der Waals surface area contributed by atoms with Crippen LogP contribution in [0, 0.1) is 0 Å². The van der Waals surface area contributed by atoms with Gasteiger partial charge in [-0.15, -0.1) is 10.2 Å². The predicted molar refractivity (Wildman–Crippen MR) is 123 cm³/mol. The SMILES string of the molecule is CCCN(C(=O)Cc1cccc(OC)c1)c1nnc(-c2ccc(C(C)(C)C)cc2)s1. The van der Waals surface area contributed by atoms with Gasteiger partial charge in [-0.3, -0.25) is 9.69 Å². The number of hydrogen-bond acceptors (Lipinski definition) is 5. The van der Waals surface area contributed by atoms with Crippen molar-refractivity contribution in [3.8, 4) is 16.3 Å². The van der Waals surface area contributed by atoms with E-state index in [2.05, 4.69) is 62.2 Å². The molecule has 0 unspecified atom stereocenters. The van der Waals surface area contributed by atoms with E-state index in [9.17, 15) is 4.79 Å². The van der Waals surface area contributed by atoms with Crippen LogP contribution in [-0.2, 0) is 16.6 Å². The Morgan fingerprint density at radius 3 is 2.47 bits per heavy atom. The molecule has 0 saturated heterocycles. The minimum atomic E-state index is 0.0101. The molecule has 1 amide bonds. The zero-order chi connectivity index (χ0) is 21.7. The minimum absolute atomic E-state index is 0.0101. The van der Waals surface area contributed by atoms with E-state index in [1.165, 1.54) is 16.9 Å². The number of hydrogen-bond donors (Lipinski definition) is 0. The second-order valence-electron chi connectivity index (χ2n) is 8.29. The van der Waals surface area contributed by atoms with Gasteiger partial charge in [0.2, 0.25) is 11.0 Å². The summed E-state index contributed by atoms with van der Waals surface area (Å²) in [6.07, 6.45) is 1.14. The Morgan fingerprint density at radius 2 is 1.83 bits per heavy atom. The van der Waals surface area contributed by atoms with Crippen molar-refractivity contribution in [3.05, 3.63) is 59.7 Å². The number of aromatic nitrogens is 2. The summed E-state index contributed by atoms with van der Waals surface area (Å²) in [7, 11) is 1.63. The zero-order valence-electron chi connectivity index (χ0n) is 18.3. The summed E-state index contributed by atoms with van der Waals surface area (Å²) in [5.74, 6) is 0.759. The Kier molecular flexibility index (Phi) is 6.87. The molecule has 0 radical (unpaired) electrons. The molecule has 0 aliphatic rings. The average Bonchev–Trinajstić information content (AvgIpc) is 3.21. The largest absolute Gasteiger partial charge is 0.497 e. The first-order chi connectivity index (χ1) is 14.3. The number of amides is 1. The van der Waals surface area contributed by atoms with Gasteiger partial charge in [-0.2, -0.15) is 0 Å². The number of anilines is 1. The van der Waals surface area contributed by atoms with Crippen molar-refractivity contribution >= 4 is 22.4 Å². The van der Waals surface area contributed by atoms with Crippen molar-refractivity contribution in [2.75, 3.05) is 18.6 Å². The van der Waals surface area contributed by atoms with Crippen LogP contribution in [0.5, 0.6) is 5.75 Å². The van der Waals surface area contributed by atoms with Crippen LogP contribution in [0.25, 0.3) is 10.6 Å². The van der Waals surface area contributed by atoms with E-state index in [1.54, 1.807) is 12.0 Å². The number of nitrogens with zero attached hydrogens (tertiary/aromatic N) is 3. The molecule has 3 aromatic rings. The first-order valence-electron chi connectivity index (χ1n) is 10.2. The molecule has 0 bridgehead atoms. The highest BCUT2D eigenvalue weighted by atomic mass is 32.1. The van der Waals surface area contributed by atoms with Crippen molar-refractivity contribution < 1.29 is 9.53 Å². The van der Waals surface area contributed by atoms with Crippen molar-refractivity contribution in [1.29, 1.82) is 0 Å². The van der Waals surface area contributed by atoms with Gasteiger partial charge >= 0.3 is 0 Å². The van der Waals surface area contributed by atoms with E-state index in [-0.39, 0.29) is 11.3 Å². The van der Waals surface area contributed by atoms with Gasteiger partial charge in [0.1, 0.15) is 10.8 Å². The van der Waals surface area contributed by atoms with Crippen LogP contribution in [0.4, 0.5) is 5.13 Å². The average molecular weight is 424 g/mol. The fraction of sp³-hybridized carbons (Fsp3) is 0.375. The molecule has 0 spiro atoms. The lowest BCUT2D eigenvalue weighted by molar-refractivity contribution is -0.118. The monoisotopic (exact) mass is 423 g/mol. The van der Waals surface area contributed by atoms with E-state index >= 15 is 0 Å². The van der Waals surface area contributed by atoms with Crippen LogP contribution in [0.1, 0.15) is 45.2 Å². The predicted octanol–water partition coefficient (Wildman–Crippen LogP) is 5.50. The topological polar surface area (TPSA) is 55.3 Å². The molecule has 0 saturated carbocycles. The zero-order valence-corrected chi connectivity index (χ0v) is 19.1. The van der Waals surface area contributed by atoms with Gasteiger partial charge in [0.05, 0.1) is 13.5 Å². The second-order valence-corrected chi connectivity index (χ2v) is 9.25. The summed E-state index contributed by atoms with van der Waals surface area (Å²) in [4.78, 5) is 14.8. The van der Waals surface area contributed by atoms with Gasteiger partial charge in [-0.1, -0.05) is 75.4 Å². The fourth-order valence-electron chi connectivity index (χ4n) is 3.16. The molecule has 5 nitrogen and oxygen atoms in total. The van der Waals surface area contributed by atoms with Crippen LogP contribution >= 0.6 is 11.3 Å². The number of methoxy groups -OCH3 is 1. The van der Waals surface area contributed by atoms with Crippen LogP contribution in [0.3, 0.4) is 0 Å². The minimum Gasteiger partial charge on any atom is -0.497 e. The Hall–Kier alpha value is -2.73. The van der Waals surface area contributed by atoms with E-state index in [0.29, 0.717) is 18.1 Å². The van der Waals surface area contributed by atoms with Crippen molar-refractivity contribution in [2.45, 2.75) is 46.0 Å². The Morgan fingerprint density at radius 1 is 1.10 bits per heavy atom. The van der Waals surface area contributed by atoms with E-state index < -0.39 is 0 Å². The molecule has 2 aromatic carbocycles. The number of carbonyl (C=O) groups excluding carboxylic acids is 1. The number of benzene rings is 2. The first-order valence-corrected chi connectivity index (χ1v) is 11.0. The van der Waals surface area contributed by atoms with Crippen molar-refractivity contribution in [2.24, 2.45) is 0 Å². The maximum absolute atomic E-state index is 13.0. The highest BCUT2D eigenvalue weighted by molar-refractivity contribution is 7.18. The summed E-state index contributed by atoms with van der Waals surface area (Å²) in [6, 6.07) is 16.0. The maximum atomic E-state index is 13.0. The molecule has 0 aliphatic heterocycles. The molecule has 0 aliphatic carbocycles. The lowest BCUT2D eigenvalue weighted by Gasteiger charge is -2.19. The quantitative estimate of drug-likeness (QED) is 0.504. The van der Waals surface area contributed by atoms with Gasteiger partial charge in [-0.25, -0.2) is 0 Å². The first kappa shape index (κ1) is 22.0. The molecule has 1 heterocycles. The molecule has 158 valence electrons. The number of rotatable bonds is 7. The Balaban J connectivity index is 1.79. The normalized spacial score (nSPS) is 11.4. The summed E-state index contributed by atoms with van der Waals surface area (Å²) >= 11 is 1.45. The Labute approximate surface area is 182 Å². The molecular formula is C24H29N3O2S. The number of ether oxygens (including phenoxy) is 1.